The predicted octanol–water partition coefficient (Wildman–Crippen LogP) is 3.18. The van der Waals surface area contributed by atoms with Crippen LogP contribution in [0.1, 0.15) is 43.5 Å². The maximum absolute atomic E-state index is 12.1. The van der Waals surface area contributed by atoms with Gasteiger partial charge >= 0.3 is 5.97 Å². The number of nitrogens with two attached hydrogens (primary N) is 1. The highest BCUT2D eigenvalue weighted by Crippen LogP contribution is 2.48. The van der Waals surface area contributed by atoms with Gasteiger partial charge in [0.15, 0.2) is 5.82 Å². The topological polar surface area (TPSA) is 146 Å². The Balaban J connectivity index is 1.23. The smallest absolute Gasteiger partial charge is 0.328 e. The summed E-state index contributed by atoms with van der Waals surface area (Å²) in [5, 5.41) is 4.35. The van der Waals surface area contributed by atoms with E-state index in [0.717, 1.165) is 66.9 Å². The van der Waals surface area contributed by atoms with Crippen molar-refractivity contribution in [1.82, 2.24) is 30.1 Å². The Bertz CT molecular complexity index is 1400. The van der Waals surface area contributed by atoms with Crippen LogP contribution in [0.3, 0.4) is 0 Å². The molecule has 6 rings (SSSR count). The van der Waals surface area contributed by atoms with Crippen molar-refractivity contribution in [3.8, 4) is 22.7 Å². The molecule has 1 atom stereocenters. The zero-order valence-electron chi connectivity index (χ0n) is 20.4. The molecular weight excluding hydrogens is 472 g/mol. The van der Waals surface area contributed by atoms with Crippen LogP contribution in [-0.4, -0.2) is 55.7 Å². The molecule has 0 amide bonds. The first kappa shape index (κ1) is 23.0. The van der Waals surface area contributed by atoms with Crippen LogP contribution in [-0.2, 0) is 14.9 Å². The van der Waals surface area contributed by atoms with Gasteiger partial charge in [0.2, 0.25) is 5.95 Å². The average molecular weight is 499 g/mol. The molecule has 37 heavy (non-hydrogen) atoms. The Morgan fingerprint density at radius 2 is 1.84 bits per heavy atom. The maximum Gasteiger partial charge on any atom is 0.328 e. The first-order chi connectivity index (χ1) is 18.1. The van der Waals surface area contributed by atoms with Gasteiger partial charge in [-0.05, 0) is 49.4 Å². The number of hydrogen-bond acceptors (Lipinski definition) is 11. The summed E-state index contributed by atoms with van der Waals surface area (Å²) < 4.78 is 10.6. The van der Waals surface area contributed by atoms with Gasteiger partial charge < -0.3 is 19.9 Å². The molecule has 1 saturated heterocycles. The van der Waals surface area contributed by atoms with Crippen LogP contribution in [0.2, 0.25) is 0 Å². The Morgan fingerprint density at radius 1 is 1.03 bits per heavy atom. The predicted molar refractivity (Wildman–Crippen MR) is 134 cm³/mol. The van der Waals surface area contributed by atoms with Crippen molar-refractivity contribution < 1.29 is 14.1 Å². The summed E-state index contributed by atoms with van der Waals surface area (Å²) in [6, 6.07) is 7.48. The minimum absolute atomic E-state index is 0.230. The lowest BCUT2D eigenvalue weighted by Crippen LogP contribution is -2.37. The number of hydrogen-bond donors (Lipinski definition) is 1. The average Bonchev–Trinajstić information content (AvgIpc) is 3.60. The Morgan fingerprint density at radius 3 is 2.49 bits per heavy atom. The monoisotopic (exact) mass is 498 g/mol. The van der Waals surface area contributed by atoms with E-state index >= 15 is 0 Å². The van der Waals surface area contributed by atoms with Crippen LogP contribution in [0, 0.1) is 0 Å². The number of esters is 1. The number of aromatic nitrogens is 6. The van der Waals surface area contributed by atoms with Crippen LogP contribution in [0.5, 0.6) is 0 Å². The minimum Gasteiger partial charge on any atom is -0.467 e. The highest BCUT2D eigenvalue weighted by Gasteiger charge is 2.45. The largest absolute Gasteiger partial charge is 0.467 e. The molecule has 5 heterocycles. The molecule has 4 aromatic heterocycles. The zero-order chi connectivity index (χ0) is 25.4. The molecule has 0 radical (unpaired) electrons. The molecule has 4 aromatic rings. The van der Waals surface area contributed by atoms with E-state index < -0.39 is 0 Å². The van der Waals surface area contributed by atoms with E-state index in [2.05, 4.69) is 31.2 Å². The van der Waals surface area contributed by atoms with E-state index in [9.17, 15) is 4.79 Å². The number of pyridine rings is 2. The highest BCUT2D eigenvalue weighted by molar-refractivity contribution is 5.80. The highest BCUT2D eigenvalue weighted by atomic mass is 16.5. The van der Waals surface area contributed by atoms with Gasteiger partial charge in [0.05, 0.1) is 23.8 Å². The van der Waals surface area contributed by atoms with Crippen molar-refractivity contribution in [2.75, 3.05) is 24.3 Å². The van der Waals surface area contributed by atoms with Gasteiger partial charge in [0.1, 0.15) is 11.9 Å². The summed E-state index contributed by atoms with van der Waals surface area (Å²) >= 11 is 0. The van der Waals surface area contributed by atoms with Crippen LogP contribution in [0.25, 0.3) is 22.7 Å². The SMILES string of the molecule is COC(=O)C1CCCN1c1ccc(-c2nc(C3(c4ccc(-c5cnc(N)nc5)nc4)CCC3)no2)cn1. The molecule has 2 N–H and O–H groups in total. The number of nitrogens with zero attached hydrogens (tertiary/aromatic N) is 7. The number of rotatable bonds is 6. The van der Waals surface area contributed by atoms with E-state index in [0.29, 0.717) is 11.7 Å². The van der Waals surface area contributed by atoms with Crippen LogP contribution in [0.4, 0.5) is 11.8 Å². The first-order valence-electron chi connectivity index (χ1n) is 12.3. The van der Waals surface area contributed by atoms with Gasteiger partial charge in [-0.25, -0.2) is 19.7 Å². The molecule has 2 aliphatic rings. The van der Waals surface area contributed by atoms with Crippen LogP contribution in [0.15, 0.2) is 53.6 Å². The fraction of sp³-hybridized carbons (Fsp3) is 0.346. The molecule has 2 fully saturated rings. The molecule has 188 valence electrons. The van der Waals surface area contributed by atoms with Crippen molar-refractivity contribution in [2.24, 2.45) is 0 Å². The Labute approximate surface area is 213 Å². The first-order valence-corrected chi connectivity index (χ1v) is 12.3. The second-order valence-corrected chi connectivity index (χ2v) is 9.40. The quantitative estimate of drug-likeness (QED) is 0.391. The van der Waals surface area contributed by atoms with Crippen LogP contribution < -0.4 is 10.6 Å². The van der Waals surface area contributed by atoms with E-state index in [1.54, 1.807) is 18.6 Å². The molecule has 0 spiro atoms. The number of carbonyl (C=O) groups is 1. The summed E-state index contributed by atoms with van der Waals surface area (Å²) in [5.41, 5.74) is 8.59. The van der Waals surface area contributed by atoms with Crippen molar-refractivity contribution in [1.29, 1.82) is 0 Å². The van der Waals surface area contributed by atoms with Gasteiger partial charge in [-0.3, -0.25) is 4.98 Å². The molecule has 1 aliphatic carbocycles. The molecule has 11 heteroatoms. The third kappa shape index (κ3) is 4.05. The van der Waals surface area contributed by atoms with Crippen LogP contribution >= 0.6 is 0 Å². The molecule has 1 saturated carbocycles. The number of nitrogen functional groups attached to an aromatic ring is 1. The minimum atomic E-state index is -0.332. The number of methoxy groups -OCH3 is 1. The van der Waals surface area contributed by atoms with Crippen molar-refractivity contribution >= 4 is 17.7 Å². The third-order valence-electron chi connectivity index (χ3n) is 7.36. The van der Waals surface area contributed by atoms with Crippen molar-refractivity contribution in [3.05, 3.63) is 60.4 Å². The Kier molecular flexibility index (Phi) is 5.74. The molecule has 1 unspecified atom stereocenters. The summed E-state index contributed by atoms with van der Waals surface area (Å²) in [4.78, 5) is 36.1. The van der Waals surface area contributed by atoms with Gasteiger partial charge in [0, 0.05) is 36.9 Å². The molecular formula is C26H26N8O3. The van der Waals surface area contributed by atoms with Crippen molar-refractivity contribution in [2.45, 2.75) is 43.6 Å². The maximum atomic E-state index is 12.1. The fourth-order valence-corrected chi connectivity index (χ4v) is 5.13. The summed E-state index contributed by atoms with van der Waals surface area (Å²) in [6.07, 6.45) is 11.5. The van der Waals surface area contributed by atoms with Gasteiger partial charge in [-0.1, -0.05) is 17.6 Å². The van der Waals surface area contributed by atoms with E-state index in [4.69, 9.17) is 20.0 Å². The fourth-order valence-electron chi connectivity index (χ4n) is 5.13. The molecule has 11 nitrogen and oxygen atoms in total. The van der Waals surface area contributed by atoms with Gasteiger partial charge in [0.25, 0.3) is 5.89 Å². The lowest BCUT2D eigenvalue weighted by atomic mass is 9.64. The van der Waals surface area contributed by atoms with E-state index in [1.165, 1.54) is 7.11 Å². The number of carbonyl (C=O) groups excluding carboxylic acids is 1. The second kappa shape index (κ2) is 9.23. The van der Waals surface area contributed by atoms with Gasteiger partial charge in [-0.2, -0.15) is 4.98 Å². The lowest BCUT2D eigenvalue weighted by Gasteiger charge is -2.39. The third-order valence-corrected chi connectivity index (χ3v) is 7.36. The normalized spacial score (nSPS) is 18.4. The molecule has 0 aromatic carbocycles. The van der Waals surface area contributed by atoms with E-state index in [1.807, 2.05) is 29.3 Å². The standard InChI is InChI=1S/C26H26N8O3/c1-36-23(35)20-4-2-11-34(20)21-8-5-16(12-29-21)22-32-24(33-37-22)26(9-3-10-26)18-6-7-19(28-15-18)17-13-30-25(27)31-14-17/h5-8,12-15,20H,2-4,9-11H2,1H3,(H2,27,30,31). The zero-order valence-corrected chi connectivity index (χ0v) is 20.4. The second-order valence-electron chi connectivity index (χ2n) is 9.40. The Hall–Kier alpha value is -4.41. The molecule has 1 aliphatic heterocycles. The number of anilines is 2. The van der Waals surface area contributed by atoms with Crippen molar-refractivity contribution in [3.63, 3.8) is 0 Å². The molecule has 0 bridgehead atoms. The number of ether oxygens (including phenoxy) is 1. The summed E-state index contributed by atoms with van der Waals surface area (Å²) in [5.74, 6) is 1.78. The van der Waals surface area contributed by atoms with E-state index in [-0.39, 0.29) is 23.4 Å². The lowest BCUT2D eigenvalue weighted by molar-refractivity contribution is -0.141. The van der Waals surface area contributed by atoms with Gasteiger partial charge in [-0.15, -0.1) is 0 Å². The summed E-state index contributed by atoms with van der Waals surface area (Å²) in [7, 11) is 1.41. The summed E-state index contributed by atoms with van der Waals surface area (Å²) in [6.45, 7) is 0.761.